The van der Waals surface area contributed by atoms with Crippen molar-refractivity contribution in [1.29, 1.82) is 0 Å². The van der Waals surface area contributed by atoms with Crippen LogP contribution in [0, 0.1) is 0 Å². The first-order chi connectivity index (χ1) is 11.6. The SMILES string of the molecule is O=C(NCc1ccc(Cn2cccn2)cc1)c1cc(Cl)cc(Cl)c1. The summed E-state index contributed by atoms with van der Waals surface area (Å²) in [6, 6.07) is 14.7. The second kappa shape index (κ2) is 7.51. The molecule has 24 heavy (non-hydrogen) atoms. The molecule has 0 saturated carbocycles. The highest BCUT2D eigenvalue weighted by Crippen LogP contribution is 2.19. The number of halogens is 2. The molecule has 0 bridgehead atoms. The van der Waals surface area contributed by atoms with Crippen LogP contribution in [0.5, 0.6) is 0 Å². The maximum atomic E-state index is 12.2. The smallest absolute Gasteiger partial charge is 0.251 e. The highest BCUT2D eigenvalue weighted by Gasteiger charge is 2.07. The Kier molecular flexibility index (Phi) is 5.18. The van der Waals surface area contributed by atoms with Crippen molar-refractivity contribution in [2.24, 2.45) is 0 Å². The van der Waals surface area contributed by atoms with Gasteiger partial charge in [-0.3, -0.25) is 9.48 Å². The molecule has 0 spiro atoms. The minimum atomic E-state index is -0.208. The number of carbonyl (C=O) groups excluding carboxylic acids is 1. The zero-order valence-corrected chi connectivity index (χ0v) is 14.3. The predicted molar refractivity (Wildman–Crippen MR) is 95.4 cm³/mol. The molecular formula is C18H15Cl2N3O. The lowest BCUT2D eigenvalue weighted by molar-refractivity contribution is 0.0951. The molecule has 3 aromatic rings. The number of nitrogens with one attached hydrogen (secondary N) is 1. The van der Waals surface area contributed by atoms with Gasteiger partial charge in [0.2, 0.25) is 0 Å². The molecular weight excluding hydrogens is 345 g/mol. The van der Waals surface area contributed by atoms with E-state index in [-0.39, 0.29) is 5.91 Å². The Morgan fingerprint density at radius 3 is 2.33 bits per heavy atom. The molecule has 0 atom stereocenters. The lowest BCUT2D eigenvalue weighted by Crippen LogP contribution is -2.22. The fraction of sp³-hybridized carbons (Fsp3) is 0.111. The monoisotopic (exact) mass is 359 g/mol. The van der Waals surface area contributed by atoms with Gasteiger partial charge in [-0.2, -0.15) is 5.10 Å². The molecule has 122 valence electrons. The van der Waals surface area contributed by atoms with Crippen molar-refractivity contribution in [1.82, 2.24) is 15.1 Å². The van der Waals surface area contributed by atoms with Gasteiger partial charge in [0.15, 0.2) is 0 Å². The van der Waals surface area contributed by atoms with Crippen LogP contribution in [0.1, 0.15) is 21.5 Å². The van der Waals surface area contributed by atoms with Crippen molar-refractivity contribution in [2.75, 3.05) is 0 Å². The zero-order chi connectivity index (χ0) is 16.9. The van der Waals surface area contributed by atoms with Gasteiger partial charge in [-0.1, -0.05) is 47.5 Å². The molecule has 0 unspecified atom stereocenters. The van der Waals surface area contributed by atoms with E-state index < -0.39 is 0 Å². The van der Waals surface area contributed by atoms with Gasteiger partial charge in [-0.05, 0) is 35.4 Å². The van der Waals surface area contributed by atoms with E-state index in [1.807, 2.05) is 41.2 Å². The van der Waals surface area contributed by atoms with Crippen LogP contribution in [0.2, 0.25) is 10.0 Å². The van der Waals surface area contributed by atoms with Gasteiger partial charge in [-0.25, -0.2) is 0 Å². The summed E-state index contributed by atoms with van der Waals surface area (Å²) in [6.45, 7) is 1.16. The lowest BCUT2D eigenvalue weighted by Gasteiger charge is -2.08. The maximum absolute atomic E-state index is 12.2. The second-order valence-electron chi connectivity index (χ2n) is 5.36. The van der Waals surface area contributed by atoms with Gasteiger partial charge in [-0.15, -0.1) is 0 Å². The van der Waals surface area contributed by atoms with Crippen molar-refractivity contribution in [3.05, 3.63) is 87.7 Å². The summed E-state index contributed by atoms with van der Waals surface area (Å²) in [5.74, 6) is -0.208. The topological polar surface area (TPSA) is 46.9 Å². The molecule has 0 aliphatic heterocycles. The maximum Gasteiger partial charge on any atom is 0.251 e. The molecule has 0 saturated heterocycles. The molecule has 0 radical (unpaired) electrons. The highest BCUT2D eigenvalue weighted by molar-refractivity contribution is 6.35. The van der Waals surface area contributed by atoms with E-state index in [9.17, 15) is 4.79 Å². The summed E-state index contributed by atoms with van der Waals surface area (Å²) >= 11 is 11.8. The molecule has 0 aliphatic carbocycles. The summed E-state index contributed by atoms with van der Waals surface area (Å²) in [5, 5.41) is 7.92. The average molecular weight is 360 g/mol. The summed E-state index contributed by atoms with van der Waals surface area (Å²) in [7, 11) is 0. The number of carbonyl (C=O) groups is 1. The number of amides is 1. The Balaban J connectivity index is 1.59. The molecule has 1 amide bonds. The van der Waals surface area contributed by atoms with Crippen molar-refractivity contribution in [2.45, 2.75) is 13.1 Å². The van der Waals surface area contributed by atoms with E-state index in [4.69, 9.17) is 23.2 Å². The second-order valence-corrected chi connectivity index (χ2v) is 6.23. The number of hydrogen-bond acceptors (Lipinski definition) is 2. The third-order valence-corrected chi connectivity index (χ3v) is 3.94. The summed E-state index contributed by atoms with van der Waals surface area (Å²) in [6.07, 6.45) is 3.68. The van der Waals surface area contributed by atoms with Crippen LogP contribution in [0.3, 0.4) is 0 Å². The normalized spacial score (nSPS) is 10.6. The van der Waals surface area contributed by atoms with Crippen LogP contribution >= 0.6 is 23.2 Å². The zero-order valence-electron chi connectivity index (χ0n) is 12.7. The van der Waals surface area contributed by atoms with Gasteiger partial charge in [0, 0.05) is 34.5 Å². The molecule has 1 aromatic heterocycles. The number of aromatic nitrogens is 2. The number of hydrogen-bond donors (Lipinski definition) is 1. The summed E-state index contributed by atoms with van der Waals surface area (Å²) < 4.78 is 1.86. The standard InChI is InChI=1S/C18H15Cl2N3O/c19-16-8-15(9-17(20)10-16)18(24)21-11-13-2-4-14(5-3-13)12-23-7-1-6-22-23/h1-10H,11-12H2,(H,21,24). The first kappa shape index (κ1) is 16.6. The molecule has 6 heteroatoms. The Morgan fingerprint density at radius 2 is 1.71 bits per heavy atom. The van der Waals surface area contributed by atoms with E-state index in [2.05, 4.69) is 10.4 Å². The summed E-state index contributed by atoms with van der Waals surface area (Å²) in [5.41, 5.74) is 2.61. The first-order valence-corrected chi connectivity index (χ1v) is 8.15. The van der Waals surface area contributed by atoms with Crippen LogP contribution in [-0.2, 0) is 13.1 Å². The Morgan fingerprint density at radius 1 is 1.04 bits per heavy atom. The van der Waals surface area contributed by atoms with Gasteiger partial charge in [0.05, 0.1) is 6.54 Å². The molecule has 0 fully saturated rings. The molecule has 1 heterocycles. The first-order valence-electron chi connectivity index (χ1n) is 7.40. The predicted octanol–water partition coefficient (Wildman–Crippen LogP) is 4.17. The van der Waals surface area contributed by atoms with E-state index in [1.54, 1.807) is 24.4 Å². The number of nitrogens with zero attached hydrogens (tertiary/aromatic N) is 2. The van der Waals surface area contributed by atoms with Crippen LogP contribution in [0.4, 0.5) is 0 Å². The van der Waals surface area contributed by atoms with Crippen molar-refractivity contribution >= 4 is 29.1 Å². The lowest BCUT2D eigenvalue weighted by atomic mass is 10.1. The van der Waals surface area contributed by atoms with Crippen molar-refractivity contribution in [3.8, 4) is 0 Å². The molecule has 0 aliphatic rings. The number of rotatable bonds is 5. The fourth-order valence-electron chi connectivity index (χ4n) is 2.31. The van der Waals surface area contributed by atoms with Gasteiger partial charge >= 0.3 is 0 Å². The van der Waals surface area contributed by atoms with Gasteiger partial charge < -0.3 is 5.32 Å². The largest absolute Gasteiger partial charge is 0.348 e. The van der Waals surface area contributed by atoms with E-state index in [0.717, 1.165) is 17.7 Å². The minimum absolute atomic E-state index is 0.208. The Labute approximate surface area is 150 Å². The fourth-order valence-corrected chi connectivity index (χ4v) is 2.84. The number of benzene rings is 2. The molecule has 4 nitrogen and oxygen atoms in total. The highest BCUT2D eigenvalue weighted by atomic mass is 35.5. The third kappa shape index (κ3) is 4.37. The minimum Gasteiger partial charge on any atom is -0.348 e. The van der Waals surface area contributed by atoms with E-state index in [0.29, 0.717) is 22.2 Å². The quantitative estimate of drug-likeness (QED) is 0.742. The van der Waals surface area contributed by atoms with Gasteiger partial charge in [0.1, 0.15) is 0 Å². The summed E-state index contributed by atoms with van der Waals surface area (Å²) in [4.78, 5) is 12.2. The van der Waals surface area contributed by atoms with Crippen LogP contribution in [0.25, 0.3) is 0 Å². The van der Waals surface area contributed by atoms with Crippen LogP contribution < -0.4 is 5.32 Å². The van der Waals surface area contributed by atoms with Crippen molar-refractivity contribution in [3.63, 3.8) is 0 Å². The van der Waals surface area contributed by atoms with Gasteiger partial charge in [0.25, 0.3) is 5.91 Å². The van der Waals surface area contributed by atoms with Crippen LogP contribution in [-0.4, -0.2) is 15.7 Å². The average Bonchev–Trinajstić information content (AvgIpc) is 3.06. The Bertz CT molecular complexity index is 810. The Hall–Kier alpha value is -2.30. The van der Waals surface area contributed by atoms with E-state index >= 15 is 0 Å². The van der Waals surface area contributed by atoms with E-state index in [1.165, 1.54) is 0 Å². The molecule has 3 rings (SSSR count). The molecule has 2 aromatic carbocycles. The molecule has 1 N–H and O–H groups in total. The van der Waals surface area contributed by atoms with Crippen LogP contribution in [0.15, 0.2) is 60.9 Å². The third-order valence-electron chi connectivity index (χ3n) is 3.50. The van der Waals surface area contributed by atoms with Crippen molar-refractivity contribution < 1.29 is 4.79 Å².